The fourth-order valence-electron chi connectivity index (χ4n) is 1.50. The Morgan fingerprint density at radius 2 is 2.10 bits per heavy atom. The third-order valence-corrected chi connectivity index (χ3v) is 3.90. The lowest BCUT2D eigenvalue weighted by Gasteiger charge is -2.10. The summed E-state index contributed by atoms with van der Waals surface area (Å²) in [5, 5.41) is 6.17. The number of halogens is 1. The van der Waals surface area contributed by atoms with E-state index < -0.39 is 0 Å². The van der Waals surface area contributed by atoms with Crippen LogP contribution in [0.3, 0.4) is 0 Å². The molecule has 2 aromatic rings. The average Bonchev–Trinajstić information content (AvgIpc) is 2.83. The second-order valence-corrected chi connectivity index (χ2v) is 6.73. The third-order valence-electron chi connectivity index (χ3n) is 2.51. The Morgan fingerprint density at radius 3 is 2.65 bits per heavy atom. The van der Waals surface area contributed by atoms with Gasteiger partial charge in [-0.1, -0.05) is 25.2 Å². The summed E-state index contributed by atoms with van der Waals surface area (Å²) in [5.74, 6) is 0.483. The van der Waals surface area contributed by atoms with E-state index in [0.29, 0.717) is 22.3 Å². The first kappa shape index (κ1) is 14.9. The van der Waals surface area contributed by atoms with Crippen molar-refractivity contribution in [3.8, 4) is 0 Å². The molecule has 0 fully saturated rings. The maximum absolute atomic E-state index is 12.3. The van der Waals surface area contributed by atoms with E-state index in [1.807, 2.05) is 13.8 Å². The van der Waals surface area contributed by atoms with Crippen LogP contribution in [0.25, 0.3) is 0 Å². The van der Waals surface area contributed by atoms with Crippen LogP contribution in [0.15, 0.2) is 16.2 Å². The largest absolute Gasteiger partial charge is 0.385 e. The normalized spacial score (nSPS) is 10.7. The summed E-state index contributed by atoms with van der Waals surface area (Å²) in [6.45, 7) is 3.96. The molecule has 0 aromatic carbocycles. The molecule has 0 radical (unpaired) electrons. The van der Waals surface area contributed by atoms with Crippen LogP contribution in [-0.2, 0) is 0 Å². The number of hydrogen-bond donors (Lipinski definition) is 2. The van der Waals surface area contributed by atoms with Gasteiger partial charge in [0.1, 0.15) is 5.82 Å². The van der Waals surface area contributed by atoms with Crippen LogP contribution < -0.4 is 10.6 Å². The van der Waals surface area contributed by atoms with Crippen molar-refractivity contribution >= 4 is 44.0 Å². The number of hydrogen-bond acceptors (Lipinski definition) is 6. The highest BCUT2D eigenvalue weighted by atomic mass is 79.9. The Labute approximate surface area is 129 Å². The van der Waals surface area contributed by atoms with Crippen molar-refractivity contribution < 1.29 is 4.79 Å². The molecule has 106 valence electrons. The van der Waals surface area contributed by atoms with Gasteiger partial charge in [-0.05, 0) is 15.9 Å². The standard InChI is InChI=1S/C12H14BrN5OS/c1-6(2)10-15-4-7(14-3)9(17-10)11(19)18-12-16-5-8(13)20-12/h4-6,14H,1-3H3,(H,16,18,19). The Balaban J connectivity index is 2.29. The molecule has 0 aliphatic heterocycles. The zero-order chi connectivity index (χ0) is 14.7. The van der Waals surface area contributed by atoms with Crippen molar-refractivity contribution in [2.45, 2.75) is 19.8 Å². The van der Waals surface area contributed by atoms with Gasteiger partial charge in [0, 0.05) is 13.0 Å². The summed E-state index contributed by atoms with van der Waals surface area (Å²) < 4.78 is 0.854. The van der Waals surface area contributed by atoms with Crippen LogP contribution in [-0.4, -0.2) is 27.9 Å². The number of anilines is 2. The first-order valence-electron chi connectivity index (χ1n) is 5.98. The maximum Gasteiger partial charge on any atom is 0.278 e. The van der Waals surface area contributed by atoms with E-state index in [-0.39, 0.29) is 11.8 Å². The number of thiazole rings is 1. The molecule has 0 saturated carbocycles. The molecule has 8 heteroatoms. The molecule has 2 rings (SSSR count). The SMILES string of the molecule is CNc1cnc(C(C)C)nc1C(=O)Nc1ncc(Br)s1. The van der Waals surface area contributed by atoms with Crippen LogP contribution in [0, 0.1) is 0 Å². The minimum absolute atomic E-state index is 0.154. The summed E-state index contributed by atoms with van der Waals surface area (Å²) in [6.07, 6.45) is 3.26. The number of nitrogens with zero attached hydrogens (tertiary/aromatic N) is 3. The number of rotatable bonds is 4. The van der Waals surface area contributed by atoms with Gasteiger partial charge in [0.2, 0.25) is 0 Å². The lowest BCUT2D eigenvalue weighted by molar-refractivity contribution is 0.102. The Hall–Kier alpha value is -1.54. The zero-order valence-corrected chi connectivity index (χ0v) is 13.7. The van der Waals surface area contributed by atoms with Gasteiger partial charge in [0.15, 0.2) is 10.8 Å². The average molecular weight is 356 g/mol. The smallest absolute Gasteiger partial charge is 0.278 e. The fraction of sp³-hybridized carbons (Fsp3) is 0.333. The van der Waals surface area contributed by atoms with Gasteiger partial charge in [-0.3, -0.25) is 10.1 Å². The summed E-state index contributed by atoms with van der Waals surface area (Å²) >= 11 is 4.65. The zero-order valence-electron chi connectivity index (χ0n) is 11.3. The van der Waals surface area contributed by atoms with E-state index in [9.17, 15) is 4.79 Å². The lowest BCUT2D eigenvalue weighted by Crippen LogP contribution is -2.17. The summed E-state index contributed by atoms with van der Waals surface area (Å²) in [6, 6.07) is 0. The van der Waals surface area contributed by atoms with Crippen LogP contribution in [0.2, 0.25) is 0 Å². The monoisotopic (exact) mass is 355 g/mol. The summed E-state index contributed by atoms with van der Waals surface area (Å²) in [5.41, 5.74) is 0.903. The van der Waals surface area contributed by atoms with Crippen LogP contribution >= 0.6 is 27.3 Å². The number of carbonyl (C=O) groups is 1. The second-order valence-electron chi connectivity index (χ2n) is 4.32. The Kier molecular flexibility index (Phi) is 4.66. The molecule has 2 aromatic heterocycles. The number of amides is 1. The minimum Gasteiger partial charge on any atom is -0.385 e. The highest BCUT2D eigenvalue weighted by Gasteiger charge is 2.17. The quantitative estimate of drug-likeness (QED) is 0.880. The number of nitrogens with one attached hydrogen (secondary N) is 2. The highest BCUT2D eigenvalue weighted by Crippen LogP contribution is 2.24. The van der Waals surface area contributed by atoms with E-state index in [2.05, 4.69) is 41.5 Å². The predicted molar refractivity (Wildman–Crippen MR) is 83.4 cm³/mol. The molecule has 0 unspecified atom stereocenters. The Bertz CT molecular complexity index is 628. The van der Waals surface area contributed by atoms with Crippen LogP contribution in [0.1, 0.15) is 36.1 Å². The first-order valence-corrected chi connectivity index (χ1v) is 7.59. The van der Waals surface area contributed by atoms with Crippen molar-refractivity contribution in [2.75, 3.05) is 17.7 Å². The van der Waals surface area contributed by atoms with Gasteiger partial charge < -0.3 is 5.32 Å². The van der Waals surface area contributed by atoms with Gasteiger partial charge in [0.05, 0.1) is 21.9 Å². The molecule has 6 nitrogen and oxygen atoms in total. The van der Waals surface area contributed by atoms with Crippen molar-refractivity contribution in [1.29, 1.82) is 0 Å². The molecule has 0 spiro atoms. The van der Waals surface area contributed by atoms with Gasteiger partial charge >= 0.3 is 0 Å². The fourth-order valence-corrected chi connectivity index (χ4v) is 2.60. The van der Waals surface area contributed by atoms with Crippen molar-refractivity contribution in [1.82, 2.24) is 15.0 Å². The van der Waals surface area contributed by atoms with E-state index >= 15 is 0 Å². The summed E-state index contributed by atoms with van der Waals surface area (Å²) in [4.78, 5) is 24.9. The minimum atomic E-state index is -0.305. The van der Waals surface area contributed by atoms with Crippen LogP contribution in [0.5, 0.6) is 0 Å². The van der Waals surface area contributed by atoms with Gasteiger partial charge in [-0.25, -0.2) is 15.0 Å². The van der Waals surface area contributed by atoms with E-state index in [1.165, 1.54) is 11.3 Å². The van der Waals surface area contributed by atoms with Gasteiger partial charge in [-0.15, -0.1) is 0 Å². The number of aromatic nitrogens is 3. The summed E-state index contributed by atoms with van der Waals surface area (Å²) in [7, 11) is 1.73. The topological polar surface area (TPSA) is 79.8 Å². The van der Waals surface area contributed by atoms with E-state index in [4.69, 9.17) is 0 Å². The molecule has 2 heterocycles. The van der Waals surface area contributed by atoms with Gasteiger partial charge in [0.25, 0.3) is 5.91 Å². The Morgan fingerprint density at radius 1 is 1.35 bits per heavy atom. The van der Waals surface area contributed by atoms with E-state index in [1.54, 1.807) is 19.4 Å². The molecule has 20 heavy (non-hydrogen) atoms. The third kappa shape index (κ3) is 3.31. The molecule has 0 aliphatic carbocycles. The lowest BCUT2D eigenvalue weighted by atomic mass is 10.2. The highest BCUT2D eigenvalue weighted by molar-refractivity contribution is 9.11. The maximum atomic E-state index is 12.3. The molecule has 1 amide bonds. The molecular weight excluding hydrogens is 342 g/mol. The molecule has 0 saturated heterocycles. The van der Waals surface area contributed by atoms with Crippen molar-refractivity contribution in [3.63, 3.8) is 0 Å². The predicted octanol–water partition coefficient (Wildman–Crippen LogP) is 3.11. The molecule has 0 atom stereocenters. The second kappa shape index (κ2) is 6.27. The molecular formula is C12H14BrN5OS. The van der Waals surface area contributed by atoms with Crippen molar-refractivity contribution in [3.05, 3.63) is 27.7 Å². The first-order chi connectivity index (χ1) is 9.51. The molecule has 0 bridgehead atoms. The van der Waals surface area contributed by atoms with Gasteiger partial charge in [-0.2, -0.15) is 0 Å². The van der Waals surface area contributed by atoms with Crippen molar-refractivity contribution in [2.24, 2.45) is 0 Å². The van der Waals surface area contributed by atoms with E-state index in [0.717, 1.165) is 3.79 Å². The molecule has 2 N–H and O–H groups in total. The number of carbonyl (C=O) groups excluding carboxylic acids is 1. The molecule has 0 aliphatic rings. The van der Waals surface area contributed by atoms with Crippen LogP contribution in [0.4, 0.5) is 10.8 Å².